The summed E-state index contributed by atoms with van der Waals surface area (Å²) in [6.45, 7) is 28.9. The van der Waals surface area contributed by atoms with Crippen LogP contribution in [0.15, 0.2) is 475 Å². The minimum atomic E-state index is -0.491. The van der Waals surface area contributed by atoms with Crippen molar-refractivity contribution in [2.45, 2.75) is 82.5 Å². The average molecular weight is 2090 g/mol. The fourth-order valence-corrected chi connectivity index (χ4v) is 21.1. The van der Waals surface area contributed by atoms with Crippen LogP contribution in [0.4, 0.5) is 0 Å². The molecule has 730 valence electrons. The van der Waals surface area contributed by atoms with Crippen molar-refractivity contribution in [2.75, 3.05) is 18.5 Å². The van der Waals surface area contributed by atoms with Crippen molar-refractivity contribution in [1.29, 1.82) is 0 Å². The summed E-state index contributed by atoms with van der Waals surface area (Å²) in [6, 6.07) is 148. The van der Waals surface area contributed by atoms with Gasteiger partial charge in [0.2, 0.25) is 0 Å². The number of alkyl halides is 1. The third-order valence-electron chi connectivity index (χ3n) is 27.1. The molecule has 15 heteroatoms. The Balaban J connectivity index is 0.000000180. The Hall–Kier alpha value is -12.3. The zero-order valence-electron chi connectivity index (χ0n) is 86.2. The second-order valence-corrected chi connectivity index (χ2v) is 36.1. The monoisotopic (exact) mass is 2090 g/mol. The van der Waals surface area contributed by atoms with Gasteiger partial charge in [-0.05, 0) is 229 Å². The molecule has 0 aliphatic heterocycles. The van der Waals surface area contributed by atoms with Gasteiger partial charge in [0.05, 0.1) is 16.2 Å². The van der Waals surface area contributed by atoms with Crippen molar-refractivity contribution in [3.05, 3.63) is 575 Å². The first-order valence-corrected chi connectivity index (χ1v) is 49.4. The third-order valence-corrected chi connectivity index (χ3v) is 27.6. The molecule has 0 radical (unpaired) electrons. The van der Waals surface area contributed by atoms with Crippen LogP contribution < -0.4 is 118 Å². The number of carbonyl (C=O) groups excluding carboxylic acids is 2. The maximum absolute atomic E-state index is 11.9. The molecule has 6 aliphatic carbocycles. The first-order chi connectivity index (χ1) is 69.8. The van der Waals surface area contributed by atoms with Crippen LogP contribution in [0.1, 0.15) is 162 Å². The van der Waals surface area contributed by atoms with Gasteiger partial charge in [-0.1, -0.05) is 467 Å². The van der Waals surface area contributed by atoms with E-state index in [-0.39, 0.29) is 170 Å². The Morgan fingerprint density at radius 2 is 0.415 bits per heavy atom. The molecule has 147 heavy (non-hydrogen) atoms. The predicted octanol–water partition coefficient (Wildman–Crippen LogP) is 25.3. The second kappa shape index (κ2) is 53.0. The van der Waals surface area contributed by atoms with Crippen LogP contribution in [-0.2, 0) is 36.8 Å². The van der Waals surface area contributed by atoms with E-state index in [1.165, 1.54) is 122 Å². The van der Waals surface area contributed by atoms with Crippen molar-refractivity contribution >= 4 is 48.0 Å². The number of fused-ring (bicyclic) bond motifs is 18. The van der Waals surface area contributed by atoms with Gasteiger partial charge < -0.3 is 41.5 Å². The molecule has 0 saturated heterocycles. The Labute approximate surface area is 967 Å². The number of halogens is 1. The van der Waals surface area contributed by atoms with E-state index >= 15 is 0 Å². The number of carbonyl (C=O) groups is 2. The van der Waals surface area contributed by atoms with Crippen molar-refractivity contribution in [2.24, 2.45) is 0 Å². The first kappa shape index (κ1) is 115. The van der Waals surface area contributed by atoms with Gasteiger partial charge >= 0.3 is 103 Å². The van der Waals surface area contributed by atoms with E-state index in [1.807, 2.05) is 149 Å². The maximum atomic E-state index is 11.9. The summed E-state index contributed by atoms with van der Waals surface area (Å²) >= 11 is 3.13. The van der Waals surface area contributed by atoms with E-state index in [4.69, 9.17) is 19.5 Å². The molecule has 0 fully saturated rings. The van der Waals surface area contributed by atoms with Gasteiger partial charge in [-0.25, -0.2) is 0 Å². The van der Waals surface area contributed by atoms with Crippen LogP contribution in [0.5, 0.6) is 34.5 Å². The number of benzene rings is 18. The average Bonchev–Trinajstić information content (AvgIpc) is 1.55. The fourth-order valence-electron chi connectivity index (χ4n) is 21.1. The molecule has 18 aromatic carbocycles. The largest absolute Gasteiger partial charge is 1.00 e. The molecular formula is C132H123BrK2O10P2. The Kier molecular flexibility index (Phi) is 41.5. The van der Waals surface area contributed by atoms with Crippen molar-refractivity contribution in [3.63, 3.8) is 0 Å². The van der Waals surface area contributed by atoms with Crippen LogP contribution in [-0.4, -0.2) is 51.2 Å². The molecule has 18 aromatic rings. The van der Waals surface area contributed by atoms with E-state index < -0.39 is 16.2 Å². The first-order valence-electron chi connectivity index (χ1n) is 48.3. The minimum Gasteiger partial charge on any atom is -1.00 e. The number of hydrogen-bond acceptors (Lipinski definition) is 10. The van der Waals surface area contributed by atoms with E-state index in [9.17, 15) is 25.2 Å². The summed E-state index contributed by atoms with van der Waals surface area (Å²) in [5.74, 6) is 2.82. The zero-order chi connectivity index (χ0) is 101. The Morgan fingerprint density at radius 1 is 0.265 bits per heavy atom. The van der Waals surface area contributed by atoms with Gasteiger partial charge in [0.25, 0.3) is 6.47 Å². The number of phenols is 4. The zero-order valence-corrected chi connectivity index (χ0v) is 95.8. The van der Waals surface area contributed by atoms with Crippen molar-refractivity contribution < 1.29 is 154 Å². The van der Waals surface area contributed by atoms with E-state index in [0.717, 1.165) is 61.3 Å². The molecule has 6 aliphatic rings. The molecule has 24 rings (SSSR count). The number of allylic oxidation sites excluding steroid dienone is 1. The molecule has 0 heterocycles. The molecule has 0 amide bonds. The third kappa shape index (κ3) is 23.0. The van der Waals surface area contributed by atoms with Gasteiger partial charge in [0.15, 0.2) is 5.78 Å². The van der Waals surface area contributed by atoms with Crippen LogP contribution in [0.2, 0.25) is 0 Å². The van der Waals surface area contributed by atoms with E-state index in [2.05, 4.69) is 335 Å². The number of phenolic OH excluding ortho intramolecular Hbond substituents is 4. The van der Waals surface area contributed by atoms with Crippen molar-refractivity contribution in [3.8, 4) is 101 Å². The number of rotatable bonds is 14. The Morgan fingerprint density at radius 3 is 0.585 bits per heavy atom. The van der Waals surface area contributed by atoms with Gasteiger partial charge in [-0.3, -0.25) is 9.59 Å². The number of aromatic hydroxyl groups is 4. The molecule has 0 aromatic heterocycles. The molecule has 4 N–H and O–H groups in total. The van der Waals surface area contributed by atoms with Gasteiger partial charge in [0, 0.05) is 27.3 Å². The molecule has 10 nitrogen and oxygen atoms in total. The smallest absolute Gasteiger partial charge is 1.00 e. The molecule has 0 saturated carbocycles. The van der Waals surface area contributed by atoms with E-state index in [0.29, 0.717) is 13.2 Å². The van der Waals surface area contributed by atoms with Crippen LogP contribution in [0, 0.1) is 0 Å². The molecule has 2 unspecified atom stereocenters. The SMILES string of the molecule is C=CCBr.C=CCOc1ccc(C2(c3ccc(OCC=C)cc3)c3ccccc3-c3ccccc32)cc1.CC.CC.CC1(C)c2ccccc2-c2ccccc21.CC1(C)c2ccccc2-c2ccccc21.O=C1c2ccccc2-c2ccccc21.O=CO[O-].Oc1ccc(C2(c3ccc(O)cc3)c3ccccc3-c3ccccc32)cc1.Oc1ccc(C2(c3ccc(O)cc3)c3ccccc3-c3ccccc32)cc1.P.P.[H-].[K+].[K+]. The number of ketones is 1. The Bertz CT molecular complexity index is 6800. The number of hydrogen-bond donors (Lipinski definition) is 4. The molecule has 0 bridgehead atoms. The quantitative estimate of drug-likeness (QED) is 0.0157. The predicted molar refractivity (Wildman–Crippen MR) is 610 cm³/mol. The minimum absolute atomic E-state index is 0. The summed E-state index contributed by atoms with van der Waals surface area (Å²) in [5.41, 5.74) is 35.7. The maximum Gasteiger partial charge on any atom is 1.00 e. The fraction of sp³-hybridized carbons (Fsp3) is 0.121. The molecule has 0 spiro atoms. The van der Waals surface area contributed by atoms with Gasteiger partial charge in [-0.2, -0.15) is 19.8 Å². The van der Waals surface area contributed by atoms with Gasteiger partial charge in [-0.15, -0.1) is 6.58 Å². The number of ether oxygens (including phenoxy) is 2. The van der Waals surface area contributed by atoms with Crippen LogP contribution in [0.3, 0.4) is 0 Å². The summed E-state index contributed by atoms with van der Waals surface area (Å²) in [7, 11) is 0. The molecular weight excluding hydrogens is 1970 g/mol. The summed E-state index contributed by atoms with van der Waals surface area (Å²) in [4.78, 5) is 23.1. The van der Waals surface area contributed by atoms with Crippen LogP contribution >= 0.6 is 35.7 Å². The molecule has 2 atom stereocenters. The normalized spacial score (nSPS) is 12.8. The van der Waals surface area contributed by atoms with E-state index in [1.54, 1.807) is 66.8 Å². The topological polar surface area (TPSA) is 166 Å². The van der Waals surface area contributed by atoms with Crippen LogP contribution in [0.25, 0.3) is 66.8 Å². The van der Waals surface area contributed by atoms with Crippen molar-refractivity contribution in [1.82, 2.24) is 0 Å². The summed E-state index contributed by atoms with van der Waals surface area (Å²) in [6.07, 6.45) is 5.31. The summed E-state index contributed by atoms with van der Waals surface area (Å²) < 4.78 is 11.5. The standard InChI is InChI=1S/C31H26O2.2C25H18O2.2C15H14.C13H8O.C3H5Br.2C2H6.CH2O3.2K.2H3P.H/c1-3-21-32-25-17-13-23(14-18-25)31(24-15-19-26(20-16-24)33-22-4-2)29-11-7-5-9-27(29)28-10-6-8-12-30(28)31;2*26-19-13-9-17(10-14-19)25(18-11-15-20(27)16-12-18)23-7-3-1-5-21(23)22-6-2-4-8-24(22)25;2*1-15(2)13-9-5-3-7-11(13)12-8-4-6-10-14(12)15;14-13-11-7-3-1-5-9(11)10-6-2-4-8-12(10)13;1-2-3-4;2*1-2;2-1-4-3;;;;;/h3-20H,1-2,21-22H2;2*1-16,26-27H;2*3-10H,1-2H3;1-8H;2H,1,3H2;2*1-2H3;1,3H;;;2*1H3;/q;;;;;;;;;;2*+1;;;-1/p-1. The summed E-state index contributed by atoms with van der Waals surface area (Å²) in [5, 5.41) is 48.7. The second-order valence-electron chi connectivity index (χ2n) is 35.4. The van der Waals surface area contributed by atoms with Gasteiger partial charge in [0.1, 0.15) is 47.7 Å².